The fraction of sp³-hybridized carbons (Fsp3) is 0.353. The molecule has 7 heteroatoms. The molecule has 0 atom stereocenters. The highest BCUT2D eigenvalue weighted by atomic mass is 32.2. The first kappa shape index (κ1) is 18.4. The lowest BCUT2D eigenvalue weighted by Gasteiger charge is -2.12. The van der Waals surface area contributed by atoms with Gasteiger partial charge in [-0.2, -0.15) is 0 Å². The Morgan fingerprint density at radius 2 is 1.88 bits per heavy atom. The second-order valence-corrected chi connectivity index (χ2v) is 7.25. The highest BCUT2D eigenvalue weighted by Gasteiger charge is 2.04. The van der Waals surface area contributed by atoms with E-state index in [9.17, 15) is 8.42 Å². The highest BCUT2D eigenvalue weighted by Crippen LogP contribution is 2.18. The van der Waals surface area contributed by atoms with Crippen LogP contribution in [0, 0.1) is 0 Å². The zero-order valence-electron chi connectivity index (χ0n) is 13.7. The van der Waals surface area contributed by atoms with Gasteiger partial charge in [0.15, 0.2) is 0 Å². The van der Waals surface area contributed by atoms with Crippen molar-refractivity contribution in [2.75, 3.05) is 19.3 Å². The fourth-order valence-electron chi connectivity index (χ4n) is 2.12. The van der Waals surface area contributed by atoms with Gasteiger partial charge in [-0.3, -0.25) is 4.98 Å². The Morgan fingerprint density at radius 3 is 2.62 bits per heavy atom. The Hall–Kier alpha value is -1.96. The molecule has 1 aromatic carbocycles. The number of para-hydroxylation sites is 1. The van der Waals surface area contributed by atoms with Crippen molar-refractivity contribution in [3.8, 4) is 5.75 Å². The highest BCUT2D eigenvalue weighted by molar-refractivity contribution is 7.88. The Balaban J connectivity index is 1.77. The second-order valence-electron chi connectivity index (χ2n) is 5.41. The summed E-state index contributed by atoms with van der Waals surface area (Å²) in [5, 5.41) is 3.30. The van der Waals surface area contributed by atoms with Crippen LogP contribution in [0.15, 0.2) is 48.7 Å². The van der Waals surface area contributed by atoms with E-state index in [0.29, 0.717) is 19.7 Å². The molecule has 0 spiro atoms. The molecule has 0 fully saturated rings. The number of benzene rings is 1. The molecule has 6 nitrogen and oxygen atoms in total. The standard InChI is InChI=1S/C17H23N3O3S/c1-24(21,22)20-12-6-10-18-13-15-7-2-3-9-17(15)23-14-16-8-4-5-11-19-16/h2-5,7-9,11,18,20H,6,10,12-14H2,1H3. The number of pyridine rings is 1. The number of nitrogens with one attached hydrogen (secondary N) is 2. The van der Waals surface area contributed by atoms with Crippen LogP contribution in [-0.2, 0) is 23.2 Å². The van der Waals surface area contributed by atoms with Crippen LogP contribution in [0.3, 0.4) is 0 Å². The minimum absolute atomic E-state index is 0.427. The average molecular weight is 349 g/mol. The van der Waals surface area contributed by atoms with Crippen molar-refractivity contribution in [3.05, 3.63) is 59.9 Å². The molecular formula is C17H23N3O3S. The lowest BCUT2D eigenvalue weighted by atomic mass is 10.2. The lowest BCUT2D eigenvalue weighted by molar-refractivity contribution is 0.297. The van der Waals surface area contributed by atoms with E-state index in [1.54, 1.807) is 6.20 Å². The maximum Gasteiger partial charge on any atom is 0.208 e. The number of aromatic nitrogens is 1. The Labute approximate surface area is 143 Å². The van der Waals surface area contributed by atoms with E-state index < -0.39 is 10.0 Å². The quantitative estimate of drug-likeness (QED) is 0.638. The van der Waals surface area contributed by atoms with E-state index in [1.807, 2.05) is 42.5 Å². The SMILES string of the molecule is CS(=O)(=O)NCCCNCc1ccccc1OCc1ccccn1. The molecule has 0 saturated carbocycles. The van der Waals surface area contributed by atoms with Gasteiger partial charge in [0.2, 0.25) is 10.0 Å². The van der Waals surface area contributed by atoms with Gasteiger partial charge >= 0.3 is 0 Å². The molecule has 130 valence electrons. The first-order valence-corrected chi connectivity index (χ1v) is 9.70. The van der Waals surface area contributed by atoms with Crippen molar-refractivity contribution in [2.24, 2.45) is 0 Å². The summed E-state index contributed by atoms with van der Waals surface area (Å²) in [7, 11) is -3.11. The molecule has 0 aliphatic carbocycles. The summed E-state index contributed by atoms with van der Waals surface area (Å²) >= 11 is 0. The number of nitrogens with zero attached hydrogens (tertiary/aromatic N) is 1. The van der Waals surface area contributed by atoms with E-state index >= 15 is 0 Å². The molecule has 0 aliphatic heterocycles. The molecule has 0 amide bonds. The average Bonchev–Trinajstić information content (AvgIpc) is 2.57. The van der Waals surface area contributed by atoms with Crippen molar-refractivity contribution in [2.45, 2.75) is 19.6 Å². The van der Waals surface area contributed by atoms with Gasteiger partial charge in [-0.1, -0.05) is 24.3 Å². The third-order valence-electron chi connectivity index (χ3n) is 3.28. The first-order valence-electron chi connectivity index (χ1n) is 7.80. The van der Waals surface area contributed by atoms with Crippen LogP contribution in [0.1, 0.15) is 17.7 Å². The number of rotatable bonds is 10. The molecule has 0 unspecified atom stereocenters. The predicted molar refractivity (Wildman–Crippen MR) is 94.2 cm³/mol. The topological polar surface area (TPSA) is 80.3 Å². The molecule has 24 heavy (non-hydrogen) atoms. The Bertz CT molecular complexity index is 721. The van der Waals surface area contributed by atoms with E-state index in [4.69, 9.17) is 4.74 Å². The van der Waals surface area contributed by atoms with Gasteiger partial charge in [-0.05, 0) is 31.2 Å². The van der Waals surface area contributed by atoms with Crippen LogP contribution in [0.4, 0.5) is 0 Å². The van der Waals surface area contributed by atoms with Gasteiger partial charge in [0.05, 0.1) is 11.9 Å². The van der Waals surface area contributed by atoms with Crippen molar-refractivity contribution in [1.29, 1.82) is 0 Å². The van der Waals surface area contributed by atoms with Gasteiger partial charge in [0, 0.05) is 24.8 Å². The number of ether oxygens (including phenoxy) is 1. The van der Waals surface area contributed by atoms with Crippen LogP contribution in [0.25, 0.3) is 0 Å². The van der Waals surface area contributed by atoms with E-state index in [2.05, 4.69) is 15.0 Å². The molecule has 2 rings (SSSR count). The zero-order valence-corrected chi connectivity index (χ0v) is 14.6. The van der Waals surface area contributed by atoms with Gasteiger partial charge in [-0.15, -0.1) is 0 Å². The largest absolute Gasteiger partial charge is 0.487 e. The summed E-state index contributed by atoms with van der Waals surface area (Å²) in [6.45, 7) is 2.24. The van der Waals surface area contributed by atoms with Crippen molar-refractivity contribution in [3.63, 3.8) is 0 Å². The van der Waals surface area contributed by atoms with Gasteiger partial charge < -0.3 is 10.1 Å². The maximum absolute atomic E-state index is 11.0. The maximum atomic E-state index is 11.0. The van der Waals surface area contributed by atoms with Crippen LogP contribution in [-0.4, -0.2) is 32.7 Å². The van der Waals surface area contributed by atoms with E-state index in [0.717, 1.165) is 36.2 Å². The number of hydrogen-bond acceptors (Lipinski definition) is 5. The molecule has 1 heterocycles. The fourth-order valence-corrected chi connectivity index (χ4v) is 2.64. The molecule has 2 aromatic rings. The molecule has 0 saturated heterocycles. The minimum Gasteiger partial charge on any atom is -0.487 e. The number of sulfonamides is 1. The van der Waals surface area contributed by atoms with E-state index in [-0.39, 0.29) is 0 Å². The predicted octanol–water partition coefficient (Wildman–Crippen LogP) is 1.69. The normalized spacial score (nSPS) is 11.4. The molecule has 0 aliphatic rings. The van der Waals surface area contributed by atoms with Crippen LogP contribution in [0.5, 0.6) is 5.75 Å². The van der Waals surface area contributed by atoms with Crippen LogP contribution >= 0.6 is 0 Å². The van der Waals surface area contributed by atoms with Crippen molar-refractivity contribution >= 4 is 10.0 Å². The molecular weight excluding hydrogens is 326 g/mol. The number of hydrogen-bond donors (Lipinski definition) is 2. The van der Waals surface area contributed by atoms with Crippen LogP contribution in [0.2, 0.25) is 0 Å². The third kappa shape index (κ3) is 7.08. The van der Waals surface area contributed by atoms with Crippen LogP contribution < -0.4 is 14.8 Å². The van der Waals surface area contributed by atoms with Crippen molar-refractivity contribution < 1.29 is 13.2 Å². The molecule has 2 N–H and O–H groups in total. The summed E-state index contributed by atoms with van der Waals surface area (Å²) in [6, 6.07) is 13.6. The smallest absolute Gasteiger partial charge is 0.208 e. The Morgan fingerprint density at radius 1 is 1.08 bits per heavy atom. The Kier molecular flexibility index (Phi) is 7.17. The summed E-state index contributed by atoms with van der Waals surface area (Å²) in [5.74, 6) is 0.824. The molecule has 1 aromatic heterocycles. The third-order valence-corrected chi connectivity index (χ3v) is 4.01. The lowest BCUT2D eigenvalue weighted by Crippen LogP contribution is -2.26. The summed E-state index contributed by atoms with van der Waals surface area (Å²) in [4.78, 5) is 4.24. The van der Waals surface area contributed by atoms with Gasteiger partial charge in [-0.25, -0.2) is 13.1 Å². The monoisotopic (exact) mass is 349 g/mol. The second kappa shape index (κ2) is 9.36. The minimum atomic E-state index is -3.11. The van der Waals surface area contributed by atoms with Crippen molar-refractivity contribution in [1.82, 2.24) is 15.0 Å². The van der Waals surface area contributed by atoms with E-state index in [1.165, 1.54) is 0 Å². The summed E-state index contributed by atoms with van der Waals surface area (Å²) in [6.07, 6.45) is 3.64. The molecule has 0 radical (unpaired) electrons. The molecule has 0 bridgehead atoms. The summed E-state index contributed by atoms with van der Waals surface area (Å²) < 4.78 is 30.3. The van der Waals surface area contributed by atoms with Gasteiger partial charge in [0.25, 0.3) is 0 Å². The zero-order chi connectivity index (χ0) is 17.3. The first-order chi connectivity index (χ1) is 11.5. The summed E-state index contributed by atoms with van der Waals surface area (Å²) in [5.41, 5.74) is 1.94. The van der Waals surface area contributed by atoms with Gasteiger partial charge in [0.1, 0.15) is 12.4 Å².